The van der Waals surface area contributed by atoms with Gasteiger partial charge in [0.05, 0.1) is 0 Å². The number of carbonyl (C=O) groups excluding carboxylic acids is 2. The average molecular weight is 366 g/mol. The smallest absolute Gasteiger partial charge is 0.255 e. The Hall–Kier alpha value is -2.50. The predicted molar refractivity (Wildman–Crippen MR) is 106 cm³/mol. The van der Waals surface area contributed by atoms with E-state index in [4.69, 9.17) is 4.74 Å². The molecule has 1 saturated heterocycles. The number of ketones is 1. The maximum Gasteiger partial charge on any atom is 0.255 e. The Morgan fingerprint density at radius 3 is 2.52 bits per heavy atom. The second kappa shape index (κ2) is 8.93. The molecule has 1 N–H and O–H groups in total. The fraction of sp³-hybridized carbons (Fsp3) is 0.364. The van der Waals surface area contributed by atoms with E-state index in [0.717, 1.165) is 38.2 Å². The summed E-state index contributed by atoms with van der Waals surface area (Å²) in [7, 11) is 2.12. The molecule has 0 aromatic heterocycles. The Morgan fingerprint density at radius 2 is 1.78 bits per heavy atom. The van der Waals surface area contributed by atoms with Gasteiger partial charge in [-0.15, -0.1) is 0 Å². The van der Waals surface area contributed by atoms with Crippen LogP contribution in [0.2, 0.25) is 0 Å². The molecule has 1 aliphatic heterocycles. The lowest BCUT2D eigenvalue weighted by atomic mass is 10.1. The molecule has 0 radical (unpaired) electrons. The molecule has 0 atom stereocenters. The summed E-state index contributed by atoms with van der Waals surface area (Å²) in [5, 5.41) is 2.88. The molecule has 0 saturated carbocycles. The van der Waals surface area contributed by atoms with Gasteiger partial charge >= 0.3 is 0 Å². The van der Waals surface area contributed by atoms with Crippen LogP contribution in [0.4, 0.5) is 5.69 Å². The quantitative estimate of drug-likeness (QED) is 0.791. The van der Waals surface area contributed by atoms with Gasteiger partial charge in [0.2, 0.25) is 0 Å². The number of ether oxygens (including phenoxy) is 1. The summed E-state index contributed by atoms with van der Waals surface area (Å²) < 4.78 is 5.43. The summed E-state index contributed by atoms with van der Waals surface area (Å²) >= 11 is 0. The van der Waals surface area contributed by atoms with Gasteiger partial charge in [0, 0.05) is 42.6 Å². The van der Waals surface area contributed by atoms with Gasteiger partial charge < -0.3 is 10.1 Å². The highest BCUT2D eigenvalue weighted by molar-refractivity contribution is 6.05. The average Bonchev–Trinajstić information content (AvgIpc) is 2.69. The van der Waals surface area contributed by atoms with E-state index < -0.39 is 0 Å². The first-order chi connectivity index (χ1) is 13.0. The van der Waals surface area contributed by atoms with Gasteiger partial charge in [0.25, 0.3) is 5.91 Å². The van der Waals surface area contributed by atoms with E-state index in [1.807, 2.05) is 24.3 Å². The lowest BCUT2D eigenvalue weighted by Gasteiger charge is -2.31. The van der Waals surface area contributed by atoms with Crippen molar-refractivity contribution < 1.29 is 14.3 Å². The van der Waals surface area contributed by atoms with Crippen LogP contribution in [0.25, 0.3) is 0 Å². The van der Waals surface area contributed by atoms with E-state index in [1.54, 1.807) is 24.3 Å². The van der Waals surface area contributed by atoms with Crippen molar-refractivity contribution in [3.8, 4) is 0 Å². The number of rotatable bonds is 6. The zero-order valence-electron chi connectivity index (χ0n) is 15.9. The van der Waals surface area contributed by atoms with Crippen LogP contribution < -0.4 is 5.32 Å². The molecule has 142 valence electrons. The van der Waals surface area contributed by atoms with Crippen LogP contribution in [0, 0.1) is 0 Å². The molecule has 2 aromatic rings. The second-order valence-corrected chi connectivity index (χ2v) is 7.05. The van der Waals surface area contributed by atoms with Crippen molar-refractivity contribution in [3.05, 3.63) is 65.2 Å². The second-order valence-electron chi connectivity index (χ2n) is 7.05. The number of hydrogen-bond acceptors (Lipinski definition) is 4. The van der Waals surface area contributed by atoms with Gasteiger partial charge in [-0.25, -0.2) is 0 Å². The molecule has 27 heavy (non-hydrogen) atoms. The summed E-state index contributed by atoms with van der Waals surface area (Å²) in [5.74, 6) is -0.199. The summed E-state index contributed by atoms with van der Waals surface area (Å²) in [6.07, 6.45) is 2.09. The van der Waals surface area contributed by atoms with Gasteiger partial charge in [-0.05, 0) is 56.6 Å². The standard InChI is InChI=1S/C22H26N2O3/c1-16(25)18-6-4-8-20(14-18)23-22(26)19-7-3-5-17(13-19)15-24(2)21-9-11-27-12-10-21/h3-8,13-14,21H,9-12,15H2,1-2H3,(H,23,26). The van der Waals surface area contributed by atoms with Gasteiger partial charge in [-0.1, -0.05) is 24.3 Å². The van der Waals surface area contributed by atoms with Gasteiger partial charge in [0.1, 0.15) is 0 Å². The molecule has 2 aromatic carbocycles. The van der Waals surface area contributed by atoms with E-state index in [0.29, 0.717) is 22.9 Å². The molecule has 1 amide bonds. The fourth-order valence-electron chi connectivity index (χ4n) is 3.37. The zero-order valence-corrected chi connectivity index (χ0v) is 15.9. The Balaban J connectivity index is 1.66. The van der Waals surface area contributed by atoms with Crippen molar-refractivity contribution >= 4 is 17.4 Å². The summed E-state index contributed by atoms with van der Waals surface area (Å²) in [6, 6.07) is 15.2. The first-order valence-electron chi connectivity index (χ1n) is 9.32. The minimum Gasteiger partial charge on any atom is -0.381 e. The lowest BCUT2D eigenvalue weighted by Crippen LogP contribution is -2.36. The Morgan fingerprint density at radius 1 is 1.07 bits per heavy atom. The molecule has 5 heteroatoms. The maximum absolute atomic E-state index is 12.6. The van der Waals surface area contributed by atoms with Crippen molar-refractivity contribution in [2.45, 2.75) is 32.4 Å². The summed E-state index contributed by atoms with van der Waals surface area (Å²) in [6.45, 7) is 3.94. The minimum absolute atomic E-state index is 0.0238. The molecule has 1 fully saturated rings. The number of hydrogen-bond donors (Lipinski definition) is 1. The molecule has 0 unspecified atom stereocenters. The predicted octanol–water partition coefficient (Wildman–Crippen LogP) is 3.75. The Kier molecular flexibility index (Phi) is 6.37. The van der Waals surface area contributed by atoms with Crippen LogP contribution in [0.15, 0.2) is 48.5 Å². The molecule has 0 spiro atoms. The van der Waals surface area contributed by atoms with E-state index in [2.05, 4.69) is 17.3 Å². The minimum atomic E-state index is -0.175. The fourth-order valence-corrected chi connectivity index (χ4v) is 3.37. The van der Waals surface area contributed by atoms with Crippen LogP contribution in [0.1, 0.15) is 46.0 Å². The molecule has 0 bridgehead atoms. The summed E-state index contributed by atoms with van der Waals surface area (Å²) in [5.41, 5.74) is 2.92. The largest absolute Gasteiger partial charge is 0.381 e. The van der Waals surface area contributed by atoms with Gasteiger partial charge in [-0.2, -0.15) is 0 Å². The molecular formula is C22H26N2O3. The number of carbonyl (C=O) groups is 2. The van der Waals surface area contributed by atoms with Crippen LogP contribution in [0.3, 0.4) is 0 Å². The number of nitrogens with zero attached hydrogens (tertiary/aromatic N) is 1. The first kappa shape index (κ1) is 19.3. The number of anilines is 1. The molecule has 3 rings (SSSR count). The molecular weight excluding hydrogens is 340 g/mol. The highest BCUT2D eigenvalue weighted by atomic mass is 16.5. The van der Waals surface area contributed by atoms with Crippen molar-refractivity contribution in [1.29, 1.82) is 0 Å². The first-order valence-corrected chi connectivity index (χ1v) is 9.32. The Labute approximate surface area is 160 Å². The topological polar surface area (TPSA) is 58.6 Å². The summed E-state index contributed by atoms with van der Waals surface area (Å²) in [4.78, 5) is 26.4. The zero-order chi connectivity index (χ0) is 19.2. The van der Waals surface area contributed by atoms with Crippen LogP contribution in [0.5, 0.6) is 0 Å². The third-order valence-corrected chi connectivity index (χ3v) is 4.96. The van der Waals surface area contributed by atoms with Crippen molar-refractivity contribution in [1.82, 2.24) is 4.90 Å². The van der Waals surface area contributed by atoms with E-state index in [9.17, 15) is 9.59 Å². The van der Waals surface area contributed by atoms with Crippen LogP contribution in [-0.4, -0.2) is 42.9 Å². The third kappa shape index (κ3) is 5.25. The monoisotopic (exact) mass is 366 g/mol. The van der Waals surface area contributed by atoms with Crippen molar-refractivity contribution in [2.75, 3.05) is 25.6 Å². The highest BCUT2D eigenvalue weighted by Gasteiger charge is 2.18. The number of nitrogens with one attached hydrogen (secondary N) is 1. The van der Waals surface area contributed by atoms with E-state index >= 15 is 0 Å². The van der Waals surface area contributed by atoms with E-state index in [1.165, 1.54) is 6.92 Å². The van der Waals surface area contributed by atoms with E-state index in [-0.39, 0.29) is 11.7 Å². The van der Waals surface area contributed by atoms with Crippen LogP contribution >= 0.6 is 0 Å². The highest BCUT2D eigenvalue weighted by Crippen LogP contribution is 2.17. The lowest BCUT2D eigenvalue weighted by molar-refractivity contribution is 0.0407. The van der Waals surface area contributed by atoms with Crippen molar-refractivity contribution in [2.24, 2.45) is 0 Å². The molecule has 1 heterocycles. The van der Waals surface area contributed by atoms with Gasteiger partial charge in [-0.3, -0.25) is 14.5 Å². The molecule has 0 aliphatic carbocycles. The number of benzene rings is 2. The molecule has 5 nitrogen and oxygen atoms in total. The third-order valence-electron chi connectivity index (χ3n) is 4.96. The Bertz CT molecular complexity index is 813. The normalized spacial score (nSPS) is 14.9. The number of amides is 1. The molecule has 1 aliphatic rings. The number of Topliss-reactive ketones (excluding diaryl/α,β-unsaturated/α-hetero) is 1. The maximum atomic E-state index is 12.6. The van der Waals surface area contributed by atoms with Crippen molar-refractivity contribution in [3.63, 3.8) is 0 Å². The van der Waals surface area contributed by atoms with Crippen LogP contribution in [-0.2, 0) is 11.3 Å². The van der Waals surface area contributed by atoms with Gasteiger partial charge in [0.15, 0.2) is 5.78 Å². The SMILES string of the molecule is CC(=O)c1cccc(NC(=O)c2cccc(CN(C)C3CCOCC3)c2)c1.